The number of unbranched alkanes of at least 4 members (excludes halogenated alkanes) is 2. The number of hydrogen-bond donors (Lipinski definition) is 1. The maximum absolute atomic E-state index is 5.21. The van der Waals surface area contributed by atoms with E-state index in [9.17, 15) is 0 Å². The van der Waals surface area contributed by atoms with Crippen LogP contribution in [-0.4, -0.2) is 6.54 Å². The Kier molecular flexibility index (Phi) is 5.46. The molecule has 0 aromatic rings. The zero-order valence-corrected chi connectivity index (χ0v) is 4.56. The van der Waals surface area contributed by atoms with Crippen LogP contribution in [0.2, 0.25) is 0 Å². The Morgan fingerprint density at radius 3 is 2.71 bits per heavy atom. The molecule has 0 aliphatic carbocycles. The fourth-order valence-electron chi connectivity index (χ4n) is 0.354. The van der Waals surface area contributed by atoms with Crippen LogP contribution < -0.4 is 5.73 Å². The van der Waals surface area contributed by atoms with Gasteiger partial charge in [-0.25, -0.2) is 0 Å². The van der Waals surface area contributed by atoms with Gasteiger partial charge in [0.15, 0.2) is 0 Å². The summed E-state index contributed by atoms with van der Waals surface area (Å²) in [5.41, 5.74) is 5.21. The lowest BCUT2D eigenvalue weighted by Crippen LogP contribution is -1.96. The Balaban J connectivity index is 2.56. The van der Waals surface area contributed by atoms with Crippen LogP contribution in [0.3, 0.4) is 0 Å². The Bertz CT molecular complexity index is 41.4. The molecule has 41 valence electrons. The van der Waals surface area contributed by atoms with Gasteiger partial charge in [0, 0.05) is 0 Å². The Morgan fingerprint density at radius 1 is 1.57 bits per heavy atom. The summed E-state index contributed by atoms with van der Waals surface area (Å²) >= 11 is 0. The van der Waals surface area contributed by atoms with E-state index in [0.717, 1.165) is 19.4 Å². The summed E-state index contributed by atoms with van der Waals surface area (Å²) in [6.45, 7) is 4.32. The van der Waals surface area contributed by atoms with Crippen LogP contribution in [-0.2, 0) is 0 Å². The molecule has 0 bridgehead atoms. The molecule has 0 aliphatic rings. The van der Waals surface area contributed by atoms with Crippen molar-refractivity contribution in [1.82, 2.24) is 0 Å². The molecular weight excluding hydrogens is 86.1 g/mol. The molecule has 1 nitrogen and oxygen atoms in total. The molecular formula is C6H12N. The Hall–Kier alpha value is -0.300. The van der Waals surface area contributed by atoms with Gasteiger partial charge in [-0.05, 0) is 25.8 Å². The van der Waals surface area contributed by atoms with Crippen molar-refractivity contribution in [3.05, 3.63) is 19.1 Å². The molecule has 0 aliphatic heterocycles. The summed E-state index contributed by atoms with van der Waals surface area (Å²) in [5.74, 6) is 0. The van der Waals surface area contributed by atoms with Gasteiger partial charge in [0.25, 0.3) is 0 Å². The van der Waals surface area contributed by atoms with E-state index in [0.29, 0.717) is 0 Å². The molecule has 0 atom stereocenters. The van der Waals surface area contributed by atoms with Gasteiger partial charge in [-0.3, -0.25) is 0 Å². The number of hydrogen-bond acceptors (Lipinski definition) is 1. The minimum absolute atomic E-state index is 0.782. The van der Waals surface area contributed by atoms with E-state index in [-0.39, 0.29) is 0 Å². The Morgan fingerprint density at radius 2 is 2.29 bits per heavy atom. The first kappa shape index (κ1) is 6.70. The van der Waals surface area contributed by atoms with Crippen molar-refractivity contribution in [2.75, 3.05) is 6.54 Å². The largest absolute Gasteiger partial charge is 0.330 e. The van der Waals surface area contributed by atoms with Crippen LogP contribution in [0.4, 0.5) is 0 Å². The second kappa shape index (κ2) is 5.70. The average molecular weight is 98.2 g/mol. The molecule has 0 fully saturated rings. The number of nitrogens with two attached hydrogens (primary N) is 1. The number of allylic oxidation sites excluding steroid dienone is 1. The summed E-state index contributed by atoms with van der Waals surface area (Å²) in [7, 11) is 0. The third-order valence-electron chi connectivity index (χ3n) is 0.742. The second-order valence-electron chi connectivity index (χ2n) is 1.40. The van der Waals surface area contributed by atoms with E-state index >= 15 is 0 Å². The van der Waals surface area contributed by atoms with Gasteiger partial charge in [-0.2, -0.15) is 0 Å². The van der Waals surface area contributed by atoms with Gasteiger partial charge in [-0.15, -0.1) is 6.58 Å². The van der Waals surface area contributed by atoms with Crippen molar-refractivity contribution in [2.24, 2.45) is 5.73 Å². The third-order valence-corrected chi connectivity index (χ3v) is 0.742. The van der Waals surface area contributed by atoms with E-state index in [1.807, 2.05) is 6.42 Å². The van der Waals surface area contributed by atoms with Gasteiger partial charge in [0.05, 0.1) is 0 Å². The standard InChI is InChI=1S/C6H12N/c1-2-3-4-5-6-7/h2-3H,1,4-7H2. The first-order chi connectivity index (χ1) is 3.41. The highest BCUT2D eigenvalue weighted by atomic mass is 14.5. The molecule has 0 saturated carbocycles. The zero-order chi connectivity index (χ0) is 5.54. The molecule has 0 spiro atoms. The smallest absolute Gasteiger partial charge is 0.00771 e. The van der Waals surface area contributed by atoms with Crippen LogP contribution in [0.1, 0.15) is 12.8 Å². The highest BCUT2D eigenvalue weighted by molar-refractivity contribution is 4.85. The van der Waals surface area contributed by atoms with Crippen LogP contribution in [0.5, 0.6) is 0 Å². The molecule has 0 saturated heterocycles. The molecule has 2 N–H and O–H groups in total. The van der Waals surface area contributed by atoms with E-state index in [1.165, 1.54) is 0 Å². The first-order valence-electron chi connectivity index (χ1n) is 2.56. The van der Waals surface area contributed by atoms with Gasteiger partial charge in [0.1, 0.15) is 0 Å². The minimum atomic E-state index is 0.782. The maximum Gasteiger partial charge on any atom is -0.00771 e. The normalized spacial score (nSPS) is 8.71. The van der Waals surface area contributed by atoms with Gasteiger partial charge >= 0.3 is 0 Å². The lowest BCUT2D eigenvalue weighted by molar-refractivity contribution is 0.833. The van der Waals surface area contributed by atoms with Crippen molar-refractivity contribution < 1.29 is 0 Å². The van der Waals surface area contributed by atoms with Gasteiger partial charge < -0.3 is 5.73 Å². The SMILES string of the molecule is C=C[CH]CCCN. The maximum atomic E-state index is 5.21. The summed E-state index contributed by atoms with van der Waals surface area (Å²) in [5, 5.41) is 0. The molecule has 0 heterocycles. The lowest BCUT2D eigenvalue weighted by Gasteiger charge is -1.87. The topological polar surface area (TPSA) is 26.0 Å². The highest BCUT2D eigenvalue weighted by Crippen LogP contribution is 1.89. The van der Waals surface area contributed by atoms with Crippen molar-refractivity contribution in [3.8, 4) is 0 Å². The monoisotopic (exact) mass is 98.1 g/mol. The van der Waals surface area contributed by atoms with E-state index in [1.54, 1.807) is 6.08 Å². The van der Waals surface area contributed by atoms with E-state index in [4.69, 9.17) is 5.73 Å². The van der Waals surface area contributed by atoms with Crippen molar-refractivity contribution >= 4 is 0 Å². The molecule has 0 aromatic carbocycles. The zero-order valence-electron chi connectivity index (χ0n) is 4.56. The molecule has 0 rings (SSSR count). The molecule has 0 aromatic heterocycles. The Labute approximate surface area is 45.2 Å². The minimum Gasteiger partial charge on any atom is -0.330 e. The van der Waals surface area contributed by atoms with Gasteiger partial charge in [0.2, 0.25) is 0 Å². The quantitative estimate of drug-likeness (QED) is 0.524. The predicted molar refractivity (Wildman–Crippen MR) is 32.8 cm³/mol. The molecule has 1 radical (unpaired) electrons. The molecule has 7 heavy (non-hydrogen) atoms. The van der Waals surface area contributed by atoms with Crippen LogP contribution in [0.25, 0.3) is 0 Å². The second-order valence-corrected chi connectivity index (χ2v) is 1.40. The average Bonchev–Trinajstić information content (AvgIpc) is 1.69. The fraction of sp³-hybridized carbons (Fsp3) is 0.500. The molecule has 1 heteroatoms. The van der Waals surface area contributed by atoms with Crippen LogP contribution in [0.15, 0.2) is 12.7 Å². The highest BCUT2D eigenvalue weighted by Gasteiger charge is 1.78. The molecule has 0 unspecified atom stereocenters. The van der Waals surface area contributed by atoms with Crippen LogP contribution >= 0.6 is 0 Å². The summed E-state index contributed by atoms with van der Waals surface area (Å²) < 4.78 is 0. The third kappa shape index (κ3) is 5.70. The number of rotatable bonds is 4. The van der Waals surface area contributed by atoms with Crippen molar-refractivity contribution in [1.29, 1.82) is 0 Å². The molecule has 0 amide bonds. The van der Waals surface area contributed by atoms with E-state index in [2.05, 4.69) is 6.58 Å². The van der Waals surface area contributed by atoms with Crippen molar-refractivity contribution in [2.45, 2.75) is 12.8 Å². The summed E-state index contributed by atoms with van der Waals surface area (Å²) in [4.78, 5) is 0. The summed E-state index contributed by atoms with van der Waals surface area (Å²) in [6, 6.07) is 0. The van der Waals surface area contributed by atoms with Crippen LogP contribution in [0, 0.1) is 6.42 Å². The predicted octanol–water partition coefficient (Wildman–Crippen LogP) is 1.12. The lowest BCUT2D eigenvalue weighted by atomic mass is 10.2. The fourth-order valence-corrected chi connectivity index (χ4v) is 0.354. The summed E-state index contributed by atoms with van der Waals surface area (Å²) in [6.07, 6.45) is 5.97. The first-order valence-corrected chi connectivity index (χ1v) is 2.56. The van der Waals surface area contributed by atoms with Crippen molar-refractivity contribution in [3.63, 3.8) is 0 Å². The van der Waals surface area contributed by atoms with E-state index < -0.39 is 0 Å². The van der Waals surface area contributed by atoms with Gasteiger partial charge in [-0.1, -0.05) is 6.08 Å².